The molecule has 4 rings (SSSR count). The molecule has 0 fully saturated rings. The van der Waals surface area contributed by atoms with Gasteiger partial charge in [-0.3, -0.25) is 9.08 Å². The molecule has 1 aromatic carbocycles. The number of fused-ring (bicyclic) bond motifs is 1. The zero-order valence-electron chi connectivity index (χ0n) is 22.6. The van der Waals surface area contributed by atoms with Crippen molar-refractivity contribution in [2.24, 2.45) is 12.5 Å². The summed E-state index contributed by atoms with van der Waals surface area (Å²) in [5.74, 6) is -0.0133. The summed E-state index contributed by atoms with van der Waals surface area (Å²) in [5, 5.41) is 17.9. The van der Waals surface area contributed by atoms with E-state index in [2.05, 4.69) is 15.4 Å². The summed E-state index contributed by atoms with van der Waals surface area (Å²) in [6, 6.07) is 8.15. The number of alkyl carbamates (subject to hydrolysis) is 1. The summed E-state index contributed by atoms with van der Waals surface area (Å²) in [7, 11) is 3.34. The minimum atomic E-state index is -0.731. The summed E-state index contributed by atoms with van der Waals surface area (Å²) in [6.45, 7) is 8.17. The largest absolute Gasteiger partial charge is 0.492 e. The number of hydrogen-bond acceptors (Lipinski definition) is 6. The van der Waals surface area contributed by atoms with Crippen molar-refractivity contribution in [2.75, 3.05) is 13.7 Å². The summed E-state index contributed by atoms with van der Waals surface area (Å²) < 4.78 is 29.1. The number of nitrogens with zero attached hydrogens (tertiary/aromatic N) is 4. The molecule has 10 heteroatoms. The molecule has 2 N–H and O–H groups in total. The first-order chi connectivity index (χ1) is 18.0. The molecule has 4 aromatic rings. The quantitative estimate of drug-likeness (QED) is 0.346. The minimum Gasteiger partial charge on any atom is -0.492 e. The van der Waals surface area contributed by atoms with E-state index in [9.17, 15) is 14.3 Å². The lowest BCUT2D eigenvalue weighted by Gasteiger charge is -2.25. The Hall–Kier alpha value is -3.92. The van der Waals surface area contributed by atoms with Gasteiger partial charge in [0.05, 0.1) is 24.2 Å². The van der Waals surface area contributed by atoms with Crippen LogP contribution in [-0.2, 0) is 24.8 Å². The average Bonchev–Trinajstić information content (AvgIpc) is 3.41. The van der Waals surface area contributed by atoms with Crippen molar-refractivity contribution in [2.45, 2.75) is 46.8 Å². The van der Waals surface area contributed by atoms with Gasteiger partial charge in [-0.2, -0.15) is 5.10 Å². The highest BCUT2D eigenvalue weighted by Gasteiger charge is 2.29. The molecule has 0 radical (unpaired) electrons. The van der Waals surface area contributed by atoms with Crippen molar-refractivity contribution >= 4 is 11.7 Å². The fourth-order valence-electron chi connectivity index (χ4n) is 4.24. The second-order valence-corrected chi connectivity index (χ2v) is 10.3. The lowest BCUT2D eigenvalue weighted by atomic mass is 9.85. The van der Waals surface area contributed by atoms with Crippen LogP contribution in [0.5, 0.6) is 5.75 Å². The second-order valence-electron chi connectivity index (χ2n) is 10.3. The van der Waals surface area contributed by atoms with Crippen molar-refractivity contribution in [3.63, 3.8) is 0 Å². The molecule has 9 nitrogen and oxygen atoms in total. The van der Waals surface area contributed by atoms with Crippen LogP contribution < -0.4 is 10.1 Å². The molecule has 0 spiro atoms. The van der Waals surface area contributed by atoms with E-state index in [1.54, 1.807) is 16.9 Å². The van der Waals surface area contributed by atoms with E-state index in [1.807, 2.05) is 57.5 Å². The fraction of sp³-hybridized carbons (Fsp3) is 0.393. The Labute approximate surface area is 221 Å². The van der Waals surface area contributed by atoms with E-state index in [0.29, 0.717) is 34.8 Å². The van der Waals surface area contributed by atoms with Crippen LogP contribution in [0.25, 0.3) is 16.8 Å². The van der Waals surface area contributed by atoms with E-state index in [0.717, 1.165) is 16.8 Å². The van der Waals surface area contributed by atoms with E-state index in [1.165, 1.54) is 19.2 Å². The number of carbonyl (C=O) groups is 1. The first kappa shape index (κ1) is 27.1. The number of pyridine rings is 1. The van der Waals surface area contributed by atoms with Crippen LogP contribution in [0.3, 0.4) is 0 Å². The minimum absolute atomic E-state index is 0.0459. The van der Waals surface area contributed by atoms with Crippen molar-refractivity contribution < 1.29 is 23.8 Å². The van der Waals surface area contributed by atoms with Crippen LogP contribution in [0.1, 0.15) is 49.5 Å². The number of aryl methyl sites for hydroxylation is 1. The standard InChI is InChI=1S/C28H34FN5O4/c1-17-21(25(32-33(17)6)26(35)28(2,3)4)11-12-37-23-13-19(29)8-9-22(23)18-7-10-24-31-14-20(34(24)15-18)16-38-27(36)30-5/h7-10,13-15,26,35H,11-12,16H2,1-6H3,(H,30,36). The Balaban J connectivity index is 1.59. The lowest BCUT2D eigenvalue weighted by molar-refractivity contribution is 0.0575. The van der Waals surface area contributed by atoms with Gasteiger partial charge < -0.3 is 19.9 Å². The molecule has 202 valence electrons. The molecule has 0 bridgehead atoms. The van der Waals surface area contributed by atoms with Crippen LogP contribution in [0.2, 0.25) is 0 Å². The van der Waals surface area contributed by atoms with E-state index in [-0.39, 0.29) is 18.6 Å². The highest BCUT2D eigenvalue weighted by atomic mass is 19.1. The SMILES string of the molecule is CNC(=O)OCc1cnc2ccc(-c3ccc(F)cc3OCCc3c(C(O)C(C)(C)C)nn(C)c3C)cn12. The predicted molar refractivity (Wildman–Crippen MR) is 141 cm³/mol. The van der Waals surface area contributed by atoms with Gasteiger partial charge in [-0.1, -0.05) is 20.8 Å². The molecule has 1 atom stereocenters. The normalized spacial score (nSPS) is 12.5. The van der Waals surface area contributed by atoms with Gasteiger partial charge in [0, 0.05) is 55.2 Å². The third kappa shape index (κ3) is 5.65. The smallest absolute Gasteiger partial charge is 0.407 e. The zero-order chi connectivity index (χ0) is 27.6. The van der Waals surface area contributed by atoms with Crippen LogP contribution >= 0.6 is 0 Å². The fourth-order valence-corrected chi connectivity index (χ4v) is 4.24. The first-order valence-electron chi connectivity index (χ1n) is 12.4. The topological polar surface area (TPSA) is 103 Å². The van der Waals surface area contributed by atoms with Crippen molar-refractivity contribution in [3.8, 4) is 16.9 Å². The molecular formula is C28H34FN5O4. The number of amides is 1. The van der Waals surface area contributed by atoms with Crippen LogP contribution in [-0.4, -0.2) is 44.0 Å². The monoisotopic (exact) mass is 523 g/mol. The highest BCUT2D eigenvalue weighted by molar-refractivity contribution is 5.71. The third-order valence-electron chi connectivity index (χ3n) is 6.57. The predicted octanol–water partition coefficient (Wildman–Crippen LogP) is 4.74. The molecule has 3 heterocycles. The van der Waals surface area contributed by atoms with Gasteiger partial charge >= 0.3 is 6.09 Å². The molecule has 1 amide bonds. The Morgan fingerprint density at radius 1 is 1.24 bits per heavy atom. The lowest BCUT2D eigenvalue weighted by Crippen LogP contribution is -2.20. The number of halogens is 1. The summed E-state index contributed by atoms with van der Waals surface area (Å²) >= 11 is 0. The van der Waals surface area contributed by atoms with Crippen LogP contribution in [0, 0.1) is 18.2 Å². The number of benzene rings is 1. The van der Waals surface area contributed by atoms with E-state index < -0.39 is 18.0 Å². The maximum absolute atomic E-state index is 14.3. The third-order valence-corrected chi connectivity index (χ3v) is 6.57. The van der Waals surface area contributed by atoms with Gasteiger partial charge in [0.1, 0.15) is 29.9 Å². The van der Waals surface area contributed by atoms with Gasteiger partial charge in [-0.15, -0.1) is 0 Å². The molecule has 1 unspecified atom stereocenters. The Kier molecular flexibility index (Phi) is 7.73. The highest BCUT2D eigenvalue weighted by Crippen LogP contribution is 2.35. The van der Waals surface area contributed by atoms with E-state index in [4.69, 9.17) is 9.47 Å². The Morgan fingerprint density at radius 3 is 2.71 bits per heavy atom. The maximum Gasteiger partial charge on any atom is 0.407 e. The van der Waals surface area contributed by atoms with E-state index >= 15 is 0 Å². The number of aliphatic hydroxyl groups is 1. The number of carbonyl (C=O) groups excluding carboxylic acids is 1. The molecule has 38 heavy (non-hydrogen) atoms. The molecule has 3 aromatic heterocycles. The van der Waals surface area contributed by atoms with Gasteiger partial charge in [-0.05, 0) is 36.6 Å². The molecule has 0 aliphatic heterocycles. The van der Waals surface area contributed by atoms with Crippen LogP contribution in [0.4, 0.5) is 9.18 Å². The summed E-state index contributed by atoms with van der Waals surface area (Å²) in [4.78, 5) is 15.9. The van der Waals surface area contributed by atoms with Crippen molar-refractivity contribution in [1.29, 1.82) is 0 Å². The molecule has 0 saturated carbocycles. The Bertz CT molecular complexity index is 1450. The number of aliphatic hydroxyl groups excluding tert-OH is 1. The second kappa shape index (κ2) is 10.8. The zero-order valence-corrected chi connectivity index (χ0v) is 22.6. The number of nitrogens with one attached hydrogen (secondary N) is 1. The van der Waals surface area contributed by atoms with Gasteiger partial charge in [-0.25, -0.2) is 14.2 Å². The van der Waals surface area contributed by atoms with Gasteiger partial charge in [0.25, 0.3) is 0 Å². The maximum atomic E-state index is 14.3. The summed E-state index contributed by atoms with van der Waals surface area (Å²) in [6.07, 6.45) is 2.73. The number of aromatic nitrogens is 4. The molecule has 0 saturated heterocycles. The molecule has 0 aliphatic carbocycles. The average molecular weight is 524 g/mol. The van der Waals surface area contributed by atoms with Crippen molar-refractivity contribution in [1.82, 2.24) is 24.5 Å². The van der Waals surface area contributed by atoms with Crippen molar-refractivity contribution in [3.05, 3.63) is 71.2 Å². The van der Waals surface area contributed by atoms with Gasteiger partial charge in [0.2, 0.25) is 0 Å². The number of imidazole rings is 1. The number of ether oxygens (including phenoxy) is 2. The molecule has 0 aliphatic rings. The number of hydrogen-bond donors (Lipinski definition) is 2. The van der Waals surface area contributed by atoms with Gasteiger partial charge in [0.15, 0.2) is 0 Å². The first-order valence-corrected chi connectivity index (χ1v) is 12.4. The number of rotatable bonds is 8. The van der Waals surface area contributed by atoms with Crippen LogP contribution in [0.15, 0.2) is 42.7 Å². The Morgan fingerprint density at radius 2 is 2.00 bits per heavy atom. The summed E-state index contributed by atoms with van der Waals surface area (Å²) in [5.41, 5.74) is 5.00. The molecular weight excluding hydrogens is 489 g/mol.